The topological polar surface area (TPSA) is 79.2 Å². The number of alkyl halides is 2. The SMILES string of the molecule is COC(=O)c1ccc(C2CC(OC(F)F)CCN2Cc2c(OC)cc(C)c3c2ccn3C(=O)OC(C)(C)C)cc1. The van der Waals surface area contributed by atoms with Gasteiger partial charge in [-0.05, 0) is 75.9 Å². The van der Waals surface area contributed by atoms with Crippen LogP contribution in [0.15, 0.2) is 42.6 Å². The van der Waals surface area contributed by atoms with E-state index in [9.17, 15) is 18.4 Å². The van der Waals surface area contributed by atoms with E-state index < -0.39 is 30.4 Å². The van der Waals surface area contributed by atoms with E-state index in [2.05, 4.69) is 4.90 Å². The average Bonchev–Trinajstić information content (AvgIpc) is 3.35. The summed E-state index contributed by atoms with van der Waals surface area (Å²) in [5.41, 5.74) is 3.06. The summed E-state index contributed by atoms with van der Waals surface area (Å²) in [6, 6.07) is 10.5. The van der Waals surface area contributed by atoms with Crippen LogP contribution in [0, 0.1) is 6.92 Å². The molecule has 40 heavy (non-hydrogen) atoms. The Hall–Kier alpha value is -3.50. The van der Waals surface area contributed by atoms with Gasteiger partial charge in [0, 0.05) is 36.3 Å². The second-order valence-corrected chi connectivity index (χ2v) is 10.9. The number of rotatable bonds is 7. The van der Waals surface area contributed by atoms with Crippen LogP contribution in [0.3, 0.4) is 0 Å². The maximum Gasteiger partial charge on any atom is 0.419 e. The molecule has 0 radical (unpaired) electrons. The summed E-state index contributed by atoms with van der Waals surface area (Å²) in [4.78, 5) is 27.1. The molecule has 4 rings (SSSR count). The van der Waals surface area contributed by atoms with Crippen LogP contribution in [0.5, 0.6) is 5.75 Å². The summed E-state index contributed by atoms with van der Waals surface area (Å²) < 4.78 is 48.8. The van der Waals surface area contributed by atoms with E-state index in [0.29, 0.717) is 37.2 Å². The van der Waals surface area contributed by atoms with E-state index in [0.717, 1.165) is 27.6 Å². The first-order valence-corrected chi connectivity index (χ1v) is 13.2. The average molecular weight is 559 g/mol. The third kappa shape index (κ3) is 6.45. The fourth-order valence-electron chi connectivity index (χ4n) is 5.32. The maximum absolute atomic E-state index is 13.1. The first-order chi connectivity index (χ1) is 18.9. The molecule has 1 aromatic heterocycles. The van der Waals surface area contributed by atoms with Crippen molar-refractivity contribution in [3.8, 4) is 5.75 Å². The van der Waals surface area contributed by atoms with Gasteiger partial charge in [0.25, 0.3) is 0 Å². The van der Waals surface area contributed by atoms with Gasteiger partial charge >= 0.3 is 18.7 Å². The summed E-state index contributed by atoms with van der Waals surface area (Å²) in [5, 5.41) is 0.841. The van der Waals surface area contributed by atoms with E-state index >= 15 is 0 Å². The highest BCUT2D eigenvalue weighted by Gasteiger charge is 2.33. The Labute approximate surface area is 232 Å². The highest BCUT2D eigenvalue weighted by Crippen LogP contribution is 2.39. The van der Waals surface area contributed by atoms with Gasteiger partial charge in [0.2, 0.25) is 0 Å². The predicted molar refractivity (Wildman–Crippen MR) is 146 cm³/mol. The molecule has 0 spiro atoms. The van der Waals surface area contributed by atoms with Crippen molar-refractivity contribution in [1.29, 1.82) is 0 Å². The lowest BCUT2D eigenvalue weighted by atomic mass is 9.91. The van der Waals surface area contributed by atoms with Gasteiger partial charge in [0.05, 0.1) is 31.4 Å². The molecule has 1 aliphatic heterocycles. The normalized spacial score (nSPS) is 18.2. The van der Waals surface area contributed by atoms with Crippen LogP contribution in [0.2, 0.25) is 0 Å². The number of ether oxygens (including phenoxy) is 4. The third-order valence-corrected chi connectivity index (χ3v) is 7.08. The Balaban J connectivity index is 1.72. The van der Waals surface area contributed by atoms with Gasteiger partial charge in [-0.25, -0.2) is 9.59 Å². The van der Waals surface area contributed by atoms with Crippen molar-refractivity contribution in [2.75, 3.05) is 20.8 Å². The molecule has 10 heteroatoms. The van der Waals surface area contributed by atoms with Gasteiger partial charge < -0.3 is 18.9 Å². The summed E-state index contributed by atoms with van der Waals surface area (Å²) in [6.45, 7) is 5.43. The second kappa shape index (κ2) is 11.9. The first-order valence-electron chi connectivity index (χ1n) is 13.2. The predicted octanol–water partition coefficient (Wildman–Crippen LogP) is 6.47. The molecule has 1 saturated heterocycles. The summed E-state index contributed by atoms with van der Waals surface area (Å²) in [7, 11) is 2.91. The third-order valence-electron chi connectivity index (χ3n) is 7.08. The Morgan fingerprint density at radius 2 is 1.80 bits per heavy atom. The maximum atomic E-state index is 13.1. The molecular formula is C30H36F2N2O6. The van der Waals surface area contributed by atoms with Crippen molar-refractivity contribution >= 4 is 23.0 Å². The van der Waals surface area contributed by atoms with Crippen LogP contribution < -0.4 is 4.74 Å². The molecule has 0 aliphatic carbocycles. The van der Waals surface area contributed by atoms with Crippen molar-refractivity contribution in [2.24, 2.45) is 0 Å². The van der Waals surface area contributed by atoms with Crippen LogP contribution in [0.1, 0.15) is 66.7 Å². The van der Waals surface area contributed by atoms with Crippen LogP contribution in [-0.4, -0.2) is 60.6 Å². The van der Waals surface area contributed by atoms with Gasteiger partial charge in [0.15, 0.2) is 0 Å². The highest BCUT2D eigenvalue weighted by molar-refractivity contribution is 5.95. The highest BCUT2D eigenvalue weighted by atomic mass is 19.3. The molecule has 0 amide bonds. The lowest BCUT2D eigenvalue weighted by Gasteiger charge is -2.40. The van der Waals surface area contributed by atoms with Crippen molar-refractivity contribution in [2.45, 2.75) is 71.4 Å². The molecule has 1 aliphatic rings. The largest absolute Gasteiger partial charge is 0.496 e. The number of esters is 1. The Kier molecular flexibility index (Phi) is 8.80. The van der Waals surface area contributed by atoms with Gasteiger partial charge in [0.1, 0.15) is 11.4 Å². The zero-order valence-corrected chi connectivity index (χ0v) is 23.7. The molecule has 2 atom stereocenters. The standard InChI is InChI=1S/C30H36F2N2O6/c1-18-15-25(37-5)23(22-12-14-34(26(18)22)29(36)40-30(2,3)4)17-33-13-11-21(39-28(31)32)16-24(33)19-7-9-20(10-8-19)27(35)38-6/h7-10,12,14-15,21,24,28H,11,13,16-17H2,1-6H3. The molecule has 2 heterocycles. The van der Waals surface area contributed by atoms with Crippen molar-refractivity contribution in [3.05, 3.63) is 64.8 Å². The van der Waals surface area contributed by atoms with Crippen LogP contribution in [0.4, 0.5) is 13.6 Å². The number of nitrogens with zero attached hydrogens (tertiary/aromatic N) is 2. The molecule has 0 saturated carbocycles. The lowest BCUT2D eigenvalue weighted by Crippen LogP contribution is -2.40. The fourth-order valence-corrected chi connectivity index (χ4v) is 5.32. The number of hydrogen-bond acceptors (Lipinski definition) is 7. The number of aromatic nitrogens is 1. The molecule has 1 fully saturated rings. The van der Waals surface area contributed by atoms with Crippen molar-refractivity contribution < 1.29 is 37.3 Å². The number of carbonyl (C=O) groups excluding carboxylic acids is 2. The van der Waals surface area contributed by atoms with Gasteiger partial charge in [-0.1, -0.05) is 12.1 Å². The number of aryl methyl sites for hydroxylation is 1. The smallest absolute Gasteiger partial charge is 0.419 e. The lowest BCUT2D eigenvalue weighted by molar-refractivity contribution is -0.178. The molecule has 3 aromatic rings. The number of methoxy groups -OCH3 is 2. The van der Waals surface area contributed by atoms with E-state index in [4.69, 9.17) is 18.9 Å². The Morgan fingerprint density at radius 3 is 2.40 bits per heavy atom. The number of benzene rings is 2. The first kappa shape index (κ1) is 29.5. The van der Waals surface area contributed by atoms with Crippen molar-refractivity contribution in [3.63, 3.8) is 0 Å². The van der Waals surface area contributed by atoms with E-state index in [1.54, 1.807) is 25.4 Å². The van der Waals surface area contributed by atoms with Crippen molar-refractivity contribution in [1.82, 2.24) is 9.47 Å². The van der Waals surface area contributed by atoms with E-state index in [1.165, 1.54) is 11.7 Å². The number of hydrogen-bond donors (Lipinski definition) is 0. The molecule has 216 valence electrons. The number of fused-ring (bicyclic) bond motifs is 1. The van der Waals surface area contributed by atoms with Crippen LogP contribution in [-0.2, 0) is 20.8 Å². The van der Waals surface area contributed by atoms with Gasteiger partial charge in [-0.3, -0.25) is 9.47 Å². The Bertz CT molecular complexity index is 1360. The fraction of sp³-hybridized carbons (Fsp3) is 0.467. The number of piperidine rings is 1. The number of carbonyl (C=O) groups is 2. The number of likely N-dealkylation sites (tertiary alicyclic amines) is 1. The molecule has 0 bridgehead atoms. The van der Waals surface area contributed by atoms with Gasteiger partial charge in [-0.15, -0.1) is 0 Å². The zero-order chi connectivity index (χ0) is 29.2. The summed E-state index contributed by atoms with van der Waals surface area (Å²) in [5.74, 6) is 0.213. The molecular weight excluding hydrogens is 522 g/mol. The van der Waals surface area contributed by atoms with Gasteiger partial charge in [-0.2, -0.15) is 8.78 Å². The minimum absolute atomic E-state index is 0.266. The zero-order valence-electron chi connectivity index (χ0n) is 23.7. The Morgan fingerprint density at radius 1 is 1.10 bits per heavy atom. The summed E-state index contributed by atoms with van der Waals surface area (Å²) in [6.07, 6.45) is 1.38. The monoisotopic (exact) mass is 558 g/mol. The molecule has 2 unspecified atom stereocenters. The minimum atomic E-state index is -2.86. The molecule has 8 nitrogen and oxygen atoms in total. The summed E-state index contributed by atoms with van der Waals surface area (Å²) >= 11 is 0. The van der Waals surface area contributed by atoms with E-state index in [1.807, 2.05) is 52.0 Å². The molecule has 2 aromatic carbocycles. The van der Waals surface area contributed by atoms with Crippen LogP contribution in [0.25, 0.3) is 10.9 Å². The second-order valence-electron chi connectivity index (χ2n) is 10.9. The van der Waals surface area contributed by atoms with Crippen LogP contribution >= 0.6 is 0 Å². The minimum Gasteiger partial charge on any atom is -0.496 e. The quantitative estimate of drug-likeness (QED) is 0.308. The molecule has 0 N–H and O–H groups in total. The van der Waals surface area contributed by atoms with E-state index in [-0.39, 0.29) is 6.04 Å². The number of halogens is 2.